The Morgan fingerprint density at radius 3 is 2.43 bits per heavy atom. The van der Waals surface area contributed by atoms with E-state index in [9.17, 15) is 20.4 Å². The molecule has 0 bridgehead atoms. The monoisotopic (exact) mass is 440 g/mol. The predicted molar refractivity (Wildman–Crippen MR) is 111 cm³/mol. The standard InChI is InChI=1S/C22H27ClO7/c1-3-29-16-7-4-13(5-8-16)10-14-11-15(6-9-17(14)23)22(28-2)21(27)20(26)19(25)18(12-24)30-22/h4-9,11,18-21,24-27H,3,10,12H2,1-2H3/t18-,19-,20+,21-,22?/m1/s1/i10D2. The van der Waals surface area contributed by atoms with Gasteiger partial charge < -0.3 is 34.6 Å². The van der Waals surface area contributed by atoms with E-state index in [-0.39, 0.29) is 16.1 Å². The van der Waals surface area contributed by atoms with Gasteiger partial charge >= 0.3 is 0 Å². The summed E-state index contributed by atoms with van der Waals surface area (Å²) in [6.45, 7) is 1.70. The number of benzene rings is 2. The van der Waals surface area contributed by atoms with Crippen LogP contribution in [0.3, 0.4) is 0 Å². The molecule has 0 aliphatic carbocycles. The molecule has 30 heavy (non-hydrogen) atoms. The van der Waals surface area contributed by atoms with Gasteiger partial charge in [0.1, 0.15) is 30.2 Å². The fourth-order valence-corrected chi connectivity index (χ4v) is 3.63. The van der Waals surface area contributed by atoms with Gasteiger partial charge in [0, 0.05) is 20.4 Å². The third kappa shape index (κ3) is 4.33. The van der Waals surface area contributed by atoms with Crippen molar-refractivity contribution >= 4 is 11.6 Å². The number of ether oxygens (including phenoxy) is 3. The van der Waals surface area contributed by atoms with E-state index in [1.807, 2.05) is 6.92 Å². The average molecular weight is 441 g/mol. The lowest BCUT2D eigenvalue weighted by Gasteiger charge is -2.47. The Morgan fingerprint density at radius 1 is 1.13 bits per heavy atom. The molecule has 0 aromatic heterocycles. The van der Waals surface area contributed by atoms with Crippen LogP contribution in [0.2, 0.25) is 5.02 Å². The van der Waals surface area contributed by atoms with Crippen molar-refractivity contribution in [1.82, 2.24) is 0 Å². The summed E-state index contributed by atoms with van der Waals surface area (Å²) < 4.78 is 34.0. The minimum Gasteiger partial charge on any atom is -0.494 e. The summed E-state index contributed by atoms with van der Waals surface area (Å²) in [7, 11) is 1.23. The Morgan fingerprint density at radius 2 is 1.83 bits per heavy atom. The number of rotatable bonds is 7. The first kappa shape index (κ1) is 20.2. The summed E-state index contributed by atoms with van der Waals surface area (Å²) in [6.07, 6.45) is -8.23. The summed E-state index contributed by atoms with van der Waals surface area (Å²) >= 11 is 6.35. The van der Waals surface area contributed by atoms with Crippen LogP contribution in [0.15, 0.2) is 42.5 Å². The van der Waals surface area contributed by atoms with Crippen LogP contribution in [0, 0.1) is 0 Å². The third-order valence-electron chi connectivity index (χ3n) is 5.07. The lowest BCUT2D eigenvalue weighted by Crippen LogP contribution is -2.64. The zero-order chi connectivity index (χ0) is 23.7. The van der Waals surface area contributed by atoms with Crippen molar-refractivity contribution in [3.8, 4) is 5.75 Å². The van der Waals surface area contributed by atoms with E-state index < -0.39 is 43.2 Å². The minimum absolute atomic E-state index is 0.0780. The molecule has 3 rings (SSSR count). The van der Waals surface area contributed by atoms with Gasteiger partial charge in [-0.05, 0) is 48.7 Å². The van der Waals surface area contributed by atoms with E-state index in [2.05, 4.69) is 0 Å². The molecular formula is C22H27ClO7. The smallest absolute Gasteiger partial charge is 0.224 e. The number of aliphatic hydroxyl groups excluding tert-OH is 4. The van der Waals surface area contributed by atoms with Crippen molar-refractivity contribution in [2.75, 3.05) is 20.3 Å². The highest BCUT2D eigenvalue weighted by Crippen LogP contribution is 2.40. The first-order valence-electron chi connectivity index (χ1n) is 10.5. The normalized spacial score (nSPS) is 30.5. The van der Waals surface area contributed by atoms with Crippen molar-refractivity contribution < 1.29 is 37.4 Å². The summed E-state index contributed by atoms with van der Waals surface area (Å²) in [5, 5.41) is 40.8. The topological polar surface area (TPSA) is 109 Å². The quantitative estimate of drug-likeness (QED) is 0.518. The molecule has 1 heterocycles. The van der Waals surface area contributed by atoms with Gasteiger partial charge in [-0.25, -0.2) is 0 Å². The molecule has 1 unspecified atom stereocenters. The fourth-order valence-electron chi connectivity index (χ4n) is 3.46. The molecule has 1 saturated heterocycles. The highest BCUT2D eigenvalue weighted by atomic mass is 35.5. The van der Waals surface area contributed by atoms with Gasteiger partial charge in [0.25, 0.3) is 0 Å². The SMILES string of the molecule is [2H]C([2H])(c1ccc(OCC)cc1)c1cc(C2(OC)O[C@H](CO)[C@@H](O)[C@H](O)[C@H]2O)ccc1Cl. The maximum absolute atomic E-state index is 10.7. The second kappa shape index (κ2) is 9.62. The third-order valence-corrected chi connectivity index (χ3v) is 5.40. The Balaban J connectivity index is 2.07. The summed E-state index contributed by atoms with van der Waals surface area (Å²) in [4.78, 5) is 0. The van der Waals surface area contributed by atoms with Gasteiger partial charge in [0.05, 0.1) is 13.2 Å². The summed E-state index contributed by atoms with van der Waals surface area (Å²) in [6, 6.07) is 10.8. The Bertz CT molecular complexity index is 925. The molecule has 0 saturated carbocycles. The van der Waals surface area contributed by atoms with Gasteiger partial charge in [0.15, 0.2) is 0 Å². The lowest BCUT2D eigenvalue weighted by atomic mass is 9.87. The second-order valence-electron chi connectivity index (χ2n) is 6.91. The van der Waals surface area contributed by atoms with Crippen LogP contribution in [0.1, 0.15) is 26.4 Å². The lowest BCUT2D eigenvalue weighted by molar-refractivity contribution is -0.366. The molecule has 8 heteroatoms. The van der Waals surface area contributed by atoms with E-state index >= 15 is 0 Å². The molecule has 0 radical (unpaired) electrons. The van der Waals surface area contributed by atoms with Crippen LogP contribution >= 0.6 is 11.6 Å². The molecule has 0 amide bonds. The molecule has 0 spiro atoms. The van der Waals surface area contributed by atoms with Crippen molar-refractivity contribution in [3.05, 3.63) is 64.2 Å². The van der Waals surface area contributed by atoms with E-state index in [0.29, 0.717) is 17.9 Å². The van der Waals surface area contributed by atoms with Crippen LogP contribution in [-0.2, 0) is 21.6 Å². The van der Waals surface area contributed by atoms with Crippen molar-refractivity contribution in [2.24, 2.45) is 0 Å². The summed E-state index contributed by atoms with van der Waals surface area (Å²) in [5.74, 6) is -1.37. The average Bonchev–Trinajstić information content (AvgIpc) is 2.79. The number of methoxy groups -OCH3 is 1. The zero-order valence-corrected chi connectivity index (χ0v) is 17.4. The highest BCUT2D eigenvalue weighted by Gasteiger charge is 2.55. The number of halogens is 1. The Kier molecular flexibility index (Phi) is 6.48. The molecule has 7 nitrogen and oxygen atoms in total. The van der Waals surface area contributed by atoms with Crippen LogP contribution < -0.4 is 4.74 Å². The van der Waals surface area contributed by atoms with Crippen molar-refractivity contribution in [3.63, 3.8) is 0 Å². The van der Waals surface area contributed by atoms with E-state index in [1.165, 1.54) is 25.3 Å². The highest BCUT2D eigenvalue weighted by molar-refractivity contribution is 6.31. The molecule has 164 valence electrons. The van der Waals surface area contributed by atoms with Crippen LogP contribution in [0.4, 0.5) is 0 Å². The minimum atomic E-state index is -2.04. The number of hydrogen-bond donors (Lipinski definition) is 4. The molecule has 1 aliphatic rings. The van der Waals surface area contributed by atoms with Gasteiger partial charge in [-0.3, -0.25) is 0 Å². The van der Waals surface area contributed by atoms with Crippen molar-refractivity contribution in [2.45, 2.75) is 43.5 Å². The zero-order valence-electron chi connectivity index (χ0n) is 18.7. The molecule has 2 aromatic rings. The predicted octanol–water partition coefficient (Wildman–Crippen LogP) is 1.60. The first-order valence-corrected chi connectivity index (χ1v) is 9.92. The van der Waals surface area contributed by atoms with Gasteiger partial charge in [-0.2, -0.15) is 0 Å². The van der Waals surface area contributed by atoms with Gasteiger partial charge in [-0.1, -0.05) is 29.8 Å². The van der Waals surface area contributed by atoms with Gasteiger partial charge in [-0.15, -0.1) is 0 Å². The molecule has 1 aliphatic heterocycles. The molecular weight excluding hydrogens is 412 g/mol. The van der Waals surface area contributed by atoms with E-state index in [1.54, 1.807) is 24.3 Å². The van der Waals surface area contributed by atoms with Crippen LogP contribution in [0.25, 0.3) is 0 Å². The number of aliphatic hydroxyl groups is 4. The fraction of sp³-hybridized carbons (Fsp3) is 0.455. The molecule has 4 N–H and O–H groups in total. The van der Waals surface area contributed by atoms with E-state index in [0.717, 1.165) is 0 Å². The second-order valence-corrected chi connectivity index (χ2v) is 7.32. The Hall–Kier alpha value is -1.71. The molecule has 1 fully saturated rings. The van der Waals surface area contributed by atoms with E-state index in [4.69, 9.17) is 28.6 Å². The Labute approximate surface area is 183 Å². The summed E-state index contributed by atoms with van der Waals surface area (Å²) in [5.41, 5.74) is 0.556. The van der Waals surface area contributed by atoms with Gasteiger partial charge in [0.2, 0.25) is 5.79 Å². The molecule has 5 atom stereocenters. The largest absolute Gasteiger partial charge is 0.494 e. The maximum Gasteiger partial charge on any atom is 0.224 e. The molecule has 2 aromatic carbocycles. The number of hydrogen-bond acceptors (Lipinski definition) is 7. The maximum atomic E-state index is 10.7. The van der Waals surface area contributed by atoms with Crippen LogP contribution in [0.5, 0.6) is 5.75 Å². The van der Waals surface area contributed by atoms with Crippen molar-refractivity contribution in [1.29, 1.82) is 0 Å². The first-order chi connectivity index (χ1) is 15.1. The van der Waals surface area contributed by atoms with Crippen LogP contribution in [-0.4, -0.2) is 65.2 Å².